The number of nitrogens with zero attached hydrogens (tertiary/aromatic N) is 1. The zero-order valence-electron chi connectivity index (χ0n) is 8.57. The predicted octanol–water partition coefficient (Wildman–Crippen LogP) is 3.20. The van der Waals surface area contributed by atoms with Gasteiger partial charge in [-0.2, -0.15) is 0 Å². The van der Waals surface area contributed by atoms with Gasteiger partial charge in [0.1, 0.15) is 0 Å². The Labute approximate surface area is 89.9 Å². The molecule has 0 bridgehead atoms. The maximum atomic E-state index is 9.99. The van der Waals surface area contributed by atoms with Crippen LogP contribution in [0, 0.1) is 5.92 Å². The Kier molecular flexibility index (Phi) is 4.36. The van der Waals surface area contributed by atoms with Gasteiger partial charge in [-0.3, -0.25) is 4.98 Å². The summed E-state index contributed by atoms with van der Waals surface area (Å²) in [4.78, 5) is 3.89. The van der Waals surface area contributed by atoms with Gasteiger partial charge in [0.05, 0.1) is 11.1 Å². The molecule has 0 aliphatic carbocycles. The first-order valence-corrected chi connectivity index (χ1v) is 5.32. The van der Waals surface area contributed by atoms with Crippen LogP contribution in [0.4, 0.5) is 0 Å². The number of pyridine rings is 1. The Morgan fingerprint density at radius 3 is 2.86 bits per heavy atom. The third kappa shape index (κ3) is 2.69. The fourth-order valence-electron chi connectivity index (χ4n) is 1.55. The van der Waals surface area contributed by atoms with Crippen LogP contribution < -0.4 is 0 Å². The quantitative estimate of drug-likeness (QED) is 0.833. The largest absolute Gasteiger partial charge is 0.388 e. The van der Waals surface area contributed by atoms with Crippen LogP contribution in [0.1, 0.15) is 38.4 Å². The number of hydrogen-bond acceptors (Lipinski definition) is 2. The second-order valence-electron chi connectivity index (χ2n) is 3.61. The minimum atomic E-state index is -0.481. The van der Waals surface area contributed by atoms with Crippen LogP contribution in [0.3, 0.4) is 0 Å². The average molecular weight is 214 g/mol. The van der Waals surface area contributed by atoms with Crippen molar-refractivity contribution in [3.05, 3.63) is 29.0 Å². The van der Waals surface area contributed by atoms with E-state index >= 15 is 0 Å². The van der Waals surface area contributed by atoms with Crippen LogP contribution in [0.5, 0.6) is 0 Å². The normalized spacial score (nSPS) is 15.1. The highest BCUT2D eigenvalue weighted by Gasteiger charge is 2.17. The lowest BCUT2D eigenvalue weighted by Gasteiger charge is -2.19. The summed E-state index contributed by atoms with van der Waals surface area (Å²) in [6.45, 7) is 4.14. The van der Waals surface area contributed by atoms with Crippen molar-refractivity contribution in [2.45, 2.75) is 32.8 Å². The maximum absolute atomic E-state index is 9.99. The molecule has 0 amide bonds. The summed E-state index contributed by atoms with van der Waals surface area (Å²) >= 11 is 5.94. The van der Waals surface area contributed by atoms with Gasteiger partial charge in [0.2, 0.25) is 0 Å². The van der Waals surface area contributed by atoms with E-state index in [-0.39, 0.29) is 5.92 Å². The average Bonchev–Trinajstić information content (AvgIpc) is 2.18. The molecular weight excluding hydrogens is 198 g/mol. The fourth-order valence-corrected chi connectivity index (χ4v) is 1.78. The van der Waals surface area contributed by atoms with Crippen LogP contribution in [0.15, 0.2) is 18.5 Å². The van der Waals surface area contributed by atoms with Crippen LogP contribution in [0.25, 0.3) is 0 Å². The summed E-state index contributed by atoms with van der Waals surface area (Å²) in [7, 11) is 0. The van der Waals surface area contributed by atoms with Gasteiger partial charge < -0.3 is 5.11 Å². The molecule has 1 aromatic rings. The van der Waals surface area contributed by atoms with E-state index in [0.29, 0.717) is 5.02 Å². The molecule has 2 atom stereocenters. The number of hydrogen-bond donors (Lipinski definition) is 1. The van der Waals surface area contributed by atoms with Gasteiger partial charge in [0.25, 0.3) is 0 Å². The highest BCUT2D eigenvalue weighted by Crippen LogP contribution is 2.29. The standard InChI is InChI=1S/C11H16ClNO/c1-3-4-8(2)11(14)9-5-6-13-7-10(9)12/h5-8,11,14H,3-4H2,1-2H3. The van der Waals surface area contributed by atoms with Crippen molar-refractivity contribution in [1.29, 1.82) is 0 Å². The number of aromatic nitrogens is 1. The highest BCUT2D eigenvalue weighted by molar-refractivity contribution is 6.31. The molecule has 1 heterocycles. The Morgan fingerprint density at radius 2 is 2.29 bits per heavy atom. The van der Waals surface area contributed by atoms with Gasteiger partial charge >= 0.3 is 0 Å². The second kappa shape index (κ2) is 5.32. The van der Waals surface area contributed by atoms with Crippen molar-refractivity contribution >= 4 is 11.6 Å². The van der Waals surface area contributed by atoms with E-state index in [0.717, 1.165) is 18.4 Å². The van der Waals surface area contributed by atoms with E-state index in [1.165, 1.54) is 0 Å². The summed E-state index contributed by atoms with van der Waals surface area (Å²) in [5.41, 5.74) is 0.780. The molecule has 0 aliphatic heterocycles. The topological polar surface area (TPSA) is 33.1 Å². The monoisotopic (exact) mass is 213 g/mol. The minimum Gasteiger partial charge on any atom is -0.388 e. The number of rotatable bonds is 4. The molecule has 0 aromatic carbocycles. The van der Waals surface area contributed by atoms with Crippen molar-refractivity contribution in [2.24, 2.45) is 5.92 Å². The molecule has 3 heteroatoms. The van der Waals surface area contributed by atoms with Gasteiger partial charge in [-0.1, -0.05) is 31.9 Å². The van der Waals surface area contributed by atoms with E-state index in [9.17, 15) is 5.11 Å². The summed E-state index contributed by atoms with van der Waals surface area (Å²) < 4.78 is 0. The molecule has 1 N–H and O–H groups in total. The van der Waals surface area contributed by atoms with Crippen molar-refractivity contribution < 1.29 is 5.11 Å². The first-order valence-electron chi connectivity index (χ1n) is 4.94. The van der Waals surface area contributed by atoms with Crippen molar-refractivity contribution in [3.63, 3.8) is 0 Å². The first kappa shape index (κ1) is 11.5. The van der Waals surface area contributed by atoms with E-state index < -0.39 is 6.10 Å². The van der Waals surface area contributed by atoms with Crippen LogP contribution in [-0.2, 0) is 0 Å². The lowest BCUT2D eigenvalue weighted by Crippen LogP contribution is -2.09. The molecule has 1 rings (SSSR count). The molecule has 0 radical (unpaired) electrons. The third-order valence-electron chi connectivity index (χ3n) is 2.41. The molecule has 78 valence electrons. The Morgan fingerprint density at radius 1 is 1.57 bits per heavy atom. The summed E-state index contributed by atoms with van der Waals surface area (Å²) in [6, 6.07) is 1.78. The molecule has 14 heavy (non-hydrogen) atoms. The zero-order valence-corrected chi connectivity index (χ0v) is 9.33. The number of aliphatic hydroxyl groups excluding tert-OH is 1. The Bertz CT molecular complexity index is 290. The van der Waals surface area contributed by atoms with E-state index in [1.807, 2.05) is 6.92 Å². The van der Waals surface area contributed by atoms with Gasteiger partial charge in [-0.15, -0.1) is 0 Å². The van der Waals surface area contributed by atoms with E-state index in [1.54, 1.807) is 18.5 Å². The Hall–Kier alpha value is -0.600. The van der Waals surface area contributed by atoms with Crippen molar-refractivity contribution in [1.82, 2.24) is 4.98 Å². The first-order chi connectivity index (χ1) is 6.66. The molecule has 2 nitrogen and oxygen atoms in total. The van der Waals surface area contributed by atoms with E-state index in [4.69, 9.17) is 11.6 Å². The molecule has 0 aliphatic rings. The molecule has 2 unspecified atom stereocenters. The molecule has 0 spiro atoms. The molecule has 0 saturated carbocycles. The molecule has 0 fully saturated rings. The SMILES string of the molecule is CCCC(C)C(O)c1ccncc1Cl. The fraction of sp³-hybridized carbons (Fsp3) is 0.545. The maximum Gasteiger partial charge on any atom is 0.0831 e. The number of aliphatic hydroxyl groups is 1. The van der Waals surface area contributed by atoms with Gasteiger partial charge in [-0.05, 0) is 18.4 Å². The van der Waals surface area contributed by atoms with Crippen LogP contribution in [0.2, 0.25) is 5.02 Å². The van der Waals surface area contributed by atoms with Gasteiger partial charge in [0, 0.05) is 18.0 Å². The van der Waals surface area contributed by atoms with Crippen molar-refractivity contribution in [3.8, 4) is 0 Å². The zero-order chi connectivity index (χ0) is 10.6. The minimum absolute atomic E-state index is 0.236. The Balaban J connectivity index is 2.78. The molecular formula is C11H16ClNO. The summed E-state index contributed by atoms with van der Waals surface area (Å²) in [6.07, 6.45) is 4.81. The molecule has 1 aromatic heterocycles. The van der Waals surface area contributed by atoms with Crippen LogP contribution in [-0.4, -0.2) is 10.1 Å². The second-order valence-corrected chi connectivity index (χ2v) is 4.02. The predicted molar refractivity (Wildman–Crippen MR) is 58.3 cm³/mol. The highest BCUT2D eigenvalue weighted by atomic mass is 35.5. The molecule has 0 saturated heterocycles. The third-order valence-corrected chi connectivity index (χ3v) is 2.72. The summed E-state index contributed by atoms with van der Waals surface area (Å²) in [5, 5.41) is 10.5. The lowest BCUT2D eigenvalue weighted by molar-refractivity contribution is 0.112. The van der Waals surface area contributed by atoms with Crippen LogP contribution >= 0.6 is 11.6 Å². The number of halogens is 1. The lowest BCUT2D eigenvalue weighted by atomic mass is 9.94. The smallest absolute Gasteiger partial charge is 0.0831 e. The van der Waals surface area contributed by atoms with E-state index in [2.05, 4.69) is 11.9 Å². The van der Waals surface area contributed by atoms with Gasteiger partial charge in [-0.25, -0.2) is 0 Å². The summed E-state index contributed by atoms with van der Waals surface area (Å²) in [5.74, 6) is 0.236. The van der Waals surface area contributed by atoms with Crippen molar-refractivity contribution in [2.75, 3.05) is 0 Å². The van der Waals surface area contributed by atoms with Gasteiger partial charge in [0.15, 0.2) is 0 Å².